The van der Waals surface area contributed by atoms with Crippen molar-refractivity contribution in [3.05, 3.63) is 70.9 Å². The van der Waals surface area contributed by atoms with Crippen LogP contribution in [0.1, 0.15) is 23.0 Å². The second kappa shape index (κ2) is 8.51. The summed E-state index contributed by atoms with van der Waals surface area (Å²) in [4.78, 5) is 21.0. The van der Waals surface area contributed by atoms with Crippen molar-refractivity contribution in [2.24, 2.45) is 0 Å². The number of benzene rings is 2. The Morgan fingerprint density at radius 3 is 2.56 bits per heavy atom. The number of rotatable bonds is 6. The summed E-state index contributed by atoms with van der Waals surface area (Å²) < 4.78 is 5.11. The first-order chi connectivity index (χ1) is 13.0. The zero-order valence-electron chi connectivity index (χ0n) is 15.0. The Balaban J connectivity index is 1.85. The molecule has 1 aromatic heterocycles. The summed E-state index contributed by atoms with van der Waals surface area (Å²) in [7, 11) is 0. The summed E-state index contributed by atoms with van der Waals surface area (Å²) in [5.41, 5.74) is 2.66. The van der Waals surface area contributed by atoms with Crippen LogP contribution in [0.4, 0.5) is 23.1 Å². The van der Waals surface area contributed by atoms with Crippen molar-refractivity contribution in [2.45, 2.75) is 13.8 Å². The van der Waals surface area contributed by atoms with Gasteiger partial charge in [0, 0.05) is 22.5 Å². The minimum atomic E-state index is -0.383. The van der Waals surface area contributed by atoms with Crippen molar-refractivity contribution in [3.8, 4) is 0 Å². The molecule has 2 N–H and O–H groups in total. The van der Waals surface area contributed by atoms with Crippen LogP contribution in [-0.4, -0.2) is 22.5 Å². The maximum absolute atomic E-state index is 12.1. The van der Waals surface area contributed by atoms with Crippen LogP contribution in [0, 0.1) is 6.92 Å². The third-order valence-electron chi connectivity index (χ3n) is 3.64. The average Bonchev–Trinajstić information content (AvgIpc) is 2.64. The molecule has 1 heterocycles. The van der Waals surface area contributed by atoms with E-state index < -0.39 is 0 Å². The Morgan fingerprint density at radius 1 is 1.07 bits per heavy atom. The number of hydrogen-bond acceptors (Lipinski definition) is 6. The van der Waals surface area contributed by atoms with E-state index in [1.807, 2.05) is 25.1 Å². The van der Waals surface area contributed by atoms with Gasteiger partial charge in [-0.3, -0.25) is 0 Å². The average molecular weight is 383 g/mol. The van der Waals surface area contributed by atoms with E-state index in [1.165, 1.54) is 0 Å². The lowest BCUT2D eigenvalue weighted by molar-refractivity contribution is 0.0527. The molecule has 0 saturated carbocycles. The summed E-state index contributed by atoms with van der Waals surface area (Å²) in [6.07, 6.45) is 0. The summed E-state index contributed by atoms with van der Waals surface area (Å²) >= 11 is 5.91. The van der Waals surface area contributed by atoms with Crippen LogP contribution in [0.5, 0.6) is 0 Å². The smallest absolute Gasteiger partial charge is 0.340 e. The number of nitrogens with one attached hydrogen (secondary N) is 2. The van der Waals surface area contributed by atoms with Gasteiger partial charge in [-0.1, -0.05) is 23.7 Å². The highest BCUT2D eigenvalue weighted by molar-refractivity contribution is 6.30. The van der Waals surface area contributed by atoms with Crippen LogP contribution in [0.2, 0.25) is 5.02 Å². The van der Waals surface area contributed by atoms with E-state index >= 15 is 0 Å². The molecule has 0 atom stereocenters. The molecule has 0 spiro atoms. The lowest BCUT2D eigenvalue weighted by Gasteiger charge is -2.12. The van der Waals surface area contributed by atoms with Gasteiger partial charge in [0.15, 0.2) is 0 Å². The largest absolute Gasteiger partial charge is 0.462 e. The van der Waals surface area contributed by atoms with Crippen LogP contribution >= 0.6 is 11.6 Å². The van der Waals surface area contributed by atoms with Gasteiger partial charge >= 0.3 is 5.97 Å². The van der Waals surface area contributed by atoms with Gasteiger partial charge in [-0.05, 0) is 50.2 Å². The van der Waals surface area contributed by atoms with Crippen molar-refractivity contribution in [3.63, 3.8) is 0 Å². The molecule has 7 heteroatoms. The molecule has 0 fully saturated rings. The molecule has 0 radical (unpaired) electrons. The molecular weight excluding hydrogens is 364 g/mol. The highest BCUT2D eigenvalue weighted by Crippen LogP contribution is 2.23. The summed E-state index contributed by atoms with van der Waals surface area (Å²) in [5, 5.41) is 6.97. The molecule has 138 valence electrons. The molecule has 0 unspecified atom stereocenters. The number of aromatic nitrogens is 2. The Bertz CT molecular complexity index is 945. The minimum absolute atomic E-state index is 0.314. The zero-order chi connectivity index (χ0) is 19.2. The van der Waals surface area contributed by atoms with Gasteiger partial charge < -0.3 is 15.4 Å². The third-order valence-corrected chi connectivity index (χ3v) is 3.89. The summed E-state index contributed by atoms with van der Waals surface area (Å²) in [6.45, 7) is 3.96. The highest BCUT2D eigenvalue weighted by Gasteiger charge is 2.13. The third kappa shape index (κ3) is 4.95. The number of carbonyl (C=O) groups is 1. The molecule has 6 nitrogen and oxygen atoms in total. The molecule has 0 aliphatic heterocycles. The van der Waals surface area contributed by atoms with E-state index in [-0.39, 0.29) is 5.97 Å². The number of halogens is 1. The van der Waals surface area contributed by atoms with Crippen molar-refractivity contribution >= 4 is 40.7 Å². The summed E-state index contributed by atoms with van der Waals surface area (Å²) in [6, 6.07) is 16.2. The maximum Gasteiger partial charge on any atom is 0.340 e. The van der Waals surface area contributed by atoms with E-state index in [0.717, 1.165) is 11.4 Å². The molecule has 3 aromatic rings. The Hall–Kier alpha value is -3.12. The van der Waals surface area contributed by atoms with Crippen LogP contribution in [0.3, 0.4) is 0 Å². The Kier molecular flexibility index (Phi) is 5.88. The monoisotopic (exact) mass is 382 g/mol. The SMILES string of the molecule is CCOC(=O)c1ccccc1Nc1cc(C)nc(Nc2ccc(Cl)cc2)n1. The minimum Gasteiger partial charge on any atom is -0.462 e. The summed E-state index contributed by atoms with van der Waals surface area (Å²) in [5.74, 6) is 0.620. The van der Waals surface area contributed by atoms with Gasteiger partial charge in [-0.2, -0.15) is 4.98 Å². The molecule has 2 aromatic carbocycles. The molecule has 0 amide bonds. The number of ether oxygens (including phenoxy) is 1. The number of esters is 1. The van der Waals surface area contributed by atoms with Gasteiger partial charge in [-0.25, -0.2) is 9.78 Å². The van der Waals surface area contributed by atoms with Gasteiger partial charge in [0.2, 0.25) is 5.95 Å². The molecule has 0 saturated heterocycles. The Labute approximate surface area is 162 Å². The number of aryl methyl sites for hydroxylation is 1. The van der Waals surface area contributed by atoms with Gasteiger partial charge in [0.25, 0.3) is 0 Å². The Morgan fingerprint density at radius 2 is 1.81 bits per heavy atom. The number of carbonyl (C=O) groups excluding carboxylic acids is 1. The predicted octanol–water partition coefficient (Wildman–Crippen LogP) is 5.10. The number of hydrogen-bond donors (Lipinski definition) is 2. The van der Waals surface area contributed by atoms with Crippen LogP contribution < -0.4 is 10.6 Å². The van der Waals surface area contributed by atoms with Crippen LogP contribution in [0.25, 0.3) is 0 Å². The van der Waals surface area contributed by atoms with Crippen LogP contribution in [0.15, 0.2) is 54.6 Å². The first-order valence-corrected chi connectivity index (χ1v) is 8.84. The highest BCUT2D eigenvalue weighted by atomic mass is 35.5. The van der Waals surface area contributed by atoms with Gasteiger partial charge in [0.1, 0.15) is 5.82 Å². The molecular formula is C20H19ClN4O2. The standard InChI is InChI=1S/C20H19ClN4O2/c1-3-27-19(26)16-6-4-5-7-17(16)24-18-12-13(2)22-20(25-18)23-15-10-8-14(21)9-11-15/h4-12H,3H2,1-2H3,(H2,22,23,24,25). The number of anilines is 4. The van der Waals surface area contributed by atoms with Crippen molar-refractivity contribution in [1.82, 2.24) is 9.97 Å². The molecule has 0 aliphatic rings. The fraction of sp³-hybridized carbons (Fsp3) is 0.150. The second-order valence-electron chi connectivity index (χ2n) is 5.74. The lowest BCUT2D eigenvalue weighted by atomic mass is 10.2. The lowest BCUT2D eigenvalue weighted by Crippen LogP contribution is -2.09. The van der Waals surface area contributed by atoms with E-state index in [4.69, 9.17) is 16.3 Å². The van der Waals surface area contributed by atoms with E-state index in [9.17, 15) is 4.79 Å². The zero-order valence-corrected chi connectivity index (χ0v) is 15.7. The normalized spacial score (nSPS) is 10.3. The van der Waals surface area contributed by atoms with Crippen molar-refractivity contribution in [1.29, 1.82) is 0 Å². The molecule has 0 aliphatic carbocycles. The van der Waals surface area contributed by atoms with Gasteiger partial charge in [-0.15, -0.1) is 0 Å². The number of nitrogens with zero attached hydrogens (tertiary/aromatic N) is 2. The molecule has 0 bridgehead atoms. The van der Waals surface area contributed by atoms with E-state index in [1.54, 1.807) is 43.3 Å². The van der Waals surface area contributed by atoms with Crippen molar-refractivity contribution in [2.75, 3.05) is 17.2 Å². The molecule has 3 rings (SSSR count). The van der Waals surface area contributed by atoms with E-state index in [0.29, 0.717) is 34.6 Å². The first-order valence-electron chi connectivity index (χ1n) is 8.46. The second-order valence-corrected chi connectivity index (χ2v) is 6.18. The number of para-hydroxylation sites is 1. The van der Waals surface area contributed by atoms with Crippen LogP contribution in [-0.2, 0) is 4.74 Å². The maximum atomic E-state index is 12.1. The fourth-order valence-electron chi connectivity index (χ4n) is 2.47. The molecule has 27 heavy (non-hydrogen) atoms. The first kappa shape index (κ1) is 18.7. The van der Waals surface area contributed by atoms with E-state index in [2.05, 4.69) is 20.6 Å². The van der Waals surface area contributed by atoms with Crippen molar-refractivity contribution < 1.29 is 9.53 Å². The van der Waals surface area contributed by atoms with Gasteiger partial charge in [0.05, 0.1) is 17.9 Å². The fourth-order valence-corrected chi connectivity index (χ4v) is 2.59. The quantitative estimate of drug-likeness (QED) is 0.577. The predicted molar refractivity (Wildman–Crippen MR) is 107 cm³/mol. The topological polar surface area (TPSA) is 76.1 Å².